The fourth-order valence-electron chi connectivity index (χ4n) is 1.85. The Morgan fingerprint density at radius 3 is 2.86 bits per heavy atom. The van der Waals surface area contributed by atoms with Crippen LogP contribution >= 0.6 is 0 Å². The van der Waals surface area contributed by atoms with Gasteiger partial charge in [-0.25, -0.2) is 9.97 Å². The standard InChI is InChI=1S/C15H21N5O2/c1-11-18-13(9-14(19-11)16-6-7-20(2)3)15(21)17-10-12-5-4-8-22-12/h4-5,8-9H,6-7,10H2,1-3H3,(H,17,21)(H,16,18,19). The molecule has 2 rings (SSSR count). The number of likely N-dealkylation sites (N-methyl/N-ethyl adjacent to an activating group) is 1. The summed E-state index contributed by atoms with van der Waals surface area (Å²) in [6.45, 7) is 3.72. The quantitative estimate of drug-likeness (QED) is 0.802. The Bertz CT molecular complexity index is 610. The van der Waals surface area contributed by atoms with Crippen molar-refractivity contribution in [3.05, 3.63) is 41.7 Å². The number of anilines is 1. The van der Waals surface area contributed by atoms with Gasteiger partial charge in [0.25, 0.3) is 5.91 Å². The number of amides is 1. The number of aromatic nitrogens is 2. The van der Waals surface area contributed by atoms with E-state index in [0.717, 1.165) is 13.1 Å². The van der Waals surface area contributed by atoms with E-state index in [9.17, 15) is 4.79 Å². The molecule has 0 unspecified atom stereocenters. The van der Waals surface area contributed by atoms with Crippen LogP contribution in [0, 0.1) is 6.92 Å². The van der Waals surface area contributed by atoms with E-state index in [4.69, 9.17) is 4.42 Å². The highest BCUT2D eigenvalue weighted by Gasteiger charge is 2.11. The number of hydrogen-bond donors (Lipinski definition) is 2. The van der Waals surface area contributed by atoms with Gasteiger partial charge in [0.1, 0.15) is 23.1 Å². The van der Waals surface area contributed by atoms with Gasteiger partial charge < -0.3 is 20.0 Å². The van der Waals surface area contributed by atoms with Gasteiger partial charge in [0.2, 0.25) is 0 Å². The van der Waals surface area contributed by atoms with Gasteiger partial charge in [0.05, 0.1) is 12.8 Å². The zero-order chi connectivity index (χ0) is 15.9. The van der Waals surface area contributed by atoms with Crippen LogP contribution in [0.3, 0.4) is 0 Å². The maximum atomic E-state index is 12.1. The van der Waals surface area contributed by atoms with Crippen molar-refractivity contribution in [3.8, 4) is 0 Å². The summed E-state index contributed by atoms with van der Waals surface area (Å²) >= 11 is 0. The first-order chi connectivity index (χ1) is 10.5. The number of carbonyl (C=O) groups is 1. The summed E-state index contributed by atoms with van der Waals surface area (Å²) in [6.07, 6.45) is 1.57. The first-order valence-electron chi connectivity index (χ1n) is 7.09. The van der Waals surface area contributed by atoms with E-state index < -0.39 is 0 Å². The molecule has 0 fully saturated rings. The summed E-state index contributed by atoms with van der Waals surface area (Å²) in [5.74, 6) is 1.65. The Hall–Kier alpha value is -2.41. The maximum Gasteiger partial charge on any atom is 0.270 e. The minimum Gasteiger partial charge on any atom is -0.467 e. The summed E-state index contributed by atoms with van der Waals surface area (Å²) in [7, 11) is 4.00. The number of rotatable bonds is 7. The van der Waals surface area contributed by atoms with Gasteiger partial charge in [0.15, 0.2) is 0 Å². The third-order valence-corrected chi connectivity index (χ3v) is 2.94. The summed E-state index contributed by atoms with van der Waals surface area (Å²) in [4.78, 5) is 22.7. The number of hydrogen-bond acceptors (Lipinski definition) is 6. The van der Waals surface area contributed by atoms with Crippen LogP contribution in [0.1, 0.15) is 22.1 Å². The van der Waals surface area contributed by atoms with Crippen LogP contribution in [0.5, 0.6) is 0 Å². The van der Waals surface area contributed by atoms with Gasteiger partial charge in [-0.1, -0.05) is 0 Å². The molecule has 0 aliphatic rings. The summed E-state index contributed by atoms with van der Waals surface area (Å²) < 4.78 is 5.18. The molecule has 22 heavy (non-hydrogen) atoms. The van der Waals surface area contributed by atoms with Crippen molar-refractivity contribution in [1.29, 1.82) is 0 Å². The molecule has 2 aromatic rings. The van der Waals surface area contributed by atoms with Crippen LogP contribution in [0.25, 0.3) is 0 Å². The highest BCUT2D eigenvalue weighted by atomic mass is 16.3. The average molecular weight is 303 g/mol. The Morgan fingerprint density at radius 2 is 2.18 bits per heavy atom. The van der Waals surface area contributed by atoms with Gasteiger partial charge in [-0.3, -0.25) is 4.79 Å². The number of aryl methyl sites for hydroxylation is 1. The molecule has 0 bridgehead atoms. The van der Waals surface area contributed by atoms with Crippen LogP contribution < -0.4 is 10.6 Å². The van der Waals surface area contributed by atoms with Crippen molar-refractivity contribution < 1.29 is 9.21 Å². The topological polar surface area (TPSA) is 83.3 Å². The monoisotopic (exact) mass is 303 g/mol. The van der Waals surface area contributed by atoms with Crippen LogP contribution in [-0.4, -0.2) is 48.0 Å². The van der Waals surface area contributed by atoms with Gasteiger partial charge in [-0.2, -0.15) is 0 Å². The van der Waals surface area contributed by atoms with E-state index in [1.165, 1.54) is 0 Å². The lowest BCUT2D eigenvalue weighted by atomic mass is 10.3. The number of furan rings is 1. The Kier molecular flexibility index (Phi) is 5.48. The van der Waals surface area contributed by atoms with E-state index in [2.05, 4.69) is 25.5 Å². The smallest absolute Gasteiger partial charge is 0.270 e. The minimum atomic E-state index is -0.252. The largest absolute Gasteiger partial charge is 0.467 e. The summed E-state index contributed by atoms with van der Waals surface area (Å²) in [5, 5.41) is 5.96. The van der Waals surface area contributed by atoms with E-state index >= 15 is 0 Å². The maximum absolute atomic E-state index is 12.1. The zero-order valence-corrected chi connectivity index (χ0v) is 13.1. The van der Waals surface area contributed by atoms with Crippen LogP contribution in [0.15, 0.2) is 28.9 Å². The number of carbonyl (C=O) groups excluding carboxylic acids is 1. The van der Waals surface area contributed by atoms with E-state index in [1.54, 1.807) is 31.4 Å². The molecule has 0 saturated carbocycles. The third-order valence-electron chi connectivity index (χ3n) is 2.94. The van der Waals surface area contributed by atoms with Crippen molar-refractivity contribution >= 4 is 11.7 Å². The molecule has 0 spiro atoms. The Morgan fingerprint density at radius 1 is 1.36 bits per heavy atom. The molecular weight excluding hydrogens is 282 g/mol. The molecule has 0 aliphatic heterocycles. The van der Waals surface area contributed by atoms with E-state index in [0.29, 0.717) is 29.6 Å². The molecule has 0 aliphatic carbocycles. The highest BCUT2D eigenvalue weighted by molar-refractivity contribution is 5.92. The molecule has 7 nitrogen and oxygen atoms in total. The second-order valence-corrected chi connectivity index (χ2v) is 5.18. The first-order valence-corrected chi connectivity index (χ1v) is 7.09. The minimum absolute atomic E-state index is 0.252. The Labute approximate surface area is 129 Å². The molecule has 0 aromatic carbocycles. The second-order valence-electron chi connectivity index (χ2n) is 5.18. The molecule has 0 atom stereocenters. The van der Waals surface area contributed by atoms with Gasteiger partial charge >= 0.3 is 0 Å². The molecule has 0 radical (unpaired) electrons. The van der Waals surface area contributed by atoms with Gasteiger partial charge in [-0.15, -0.1) is 0 Å². The van der Waals surface area contributed by atoms with Gasteiger partial charge in [-0.05, 0) is 33.2 Å². The van der Waals surface area contributed by atoms with Crippen molar-refractivity contribution in [2.45, 2.75) is 13.5 Å². The SMILES string of the molecule is Cc1nc(NCCN(C)C)cc(C(=O)NCc2ccco2)n1. The lowest BCUT2D eigenvalue weighted by Gasteiger charge is -2.12. The highest BCUT2D eigenvalue weighted by Crippen LogP contribution is 2.07. The summed E-state index contributed by atoms with van der Waals surface area (Å²) in [5.41, 5.74) is 0.339. The number of nitrogens with zero attached hydrogens (tertiary/aromatic N) is 3. The molecular formula is C15H21N5O2. The lowest BCUT2D eigenvalue weighted by Crippen LogP contribution is -2.25. The first kappa shape index (κ1) is 16.0. The van der Waals surface area contributed by atoms with Crippen molar-refractivity contribution in [3.63, 3.8) is 0 Å². The predicted octanol–water partition coefficient (Wildman–Crippen LogP) is 1.28. The molecule has 118 valence electrons. The van der Waals surface area contributed by atoms with Crippen LogP contribution in [-0.2, 0) is 6.54 Å². The lowest BCUT2D eigenvalue weighted by molar-refractivity contribution is 0.0942. The second kappa shape index (κ2) is 7.56. The Balaban J connectivity index is 1.97. The molecule has 2 aromatic heterocycles. The van der Waals surface area contributed by atoms with Crippen LogP contribution in [0.2, 0.25) is 0 Å². The average Bonchev–Trinajstić information content (AvgIpc) is 2.97. The molecule has 2 N–H and O–H groups in total. The fraction of sp³-hybridized carbons (Fsp3) is 0.400. The molecule has 1 amide bonds. The third kappa shape index (κ3) is 4.85. The zero-order valence-electron chi connectivity index (χ0n) is 13.1. The normalized spacial score (nSPS) is 10.7. The molecule has 0 saturated heterocycles. The summed E-state index contributed by atoms with van der Waals surface area (Å²) in [6, 6.07) is 5.24. The van der Waals surface area contributed by atoms with Crippen molar-refractivity contribution in [1.82, 2.24) is 20.2 Å². The van der Waals surface area contributed by atoms with Gasteiger partial charge in [0, 0.05) is 19.2 Å². The predicted molar refractivity (Wildman–Crippen MR) is 83.7 cm³/mol. The van der Waals surface area contributed by atoms with Crippen molar-refractivity contribution in [2.24, 2.45) is 0 Å². The number of nitrogens with one attached hydrogen (secondary N) is 2. The van der Waals surface area contributed by atoms with E-state index in [-0.39, 0.29) is 5.91 Å². The molecule has 7 heteroatoms. The molecule has 2 heterocycles. The van der Waals surface area contributed by atoms with Crippen molar-refractivity contribution in [2.75, 3.05) is 32.5 Å². The van der Waals surface area contributed by atoms with E-state index in [1.807, 2.05) is 14.1 Å². The van der Waals surface area contributed by atoms with Crippen LogP contribution in [0.4, 0.5) is 5.82 Å². The fourth-order valence-corrected chi connectivity index (χ4v) is 1.85.